The van der Waals surface area contributed by atoms with Crippen LogP contribution in [0.15, 0.2) is 0 Å². The zero-order valence-electron chi connectivity index (χ0n) is 11.4. The van der Waals surface area contributed by atoms with Gasteiger partial charge >= 0.3 is 5.97 Å². The SMILES string of the molecule is CC1CC(C(=O)O)CCN1C(=O)c1n[nH]c(C2CC2)n1. The molecule has 1 aromatic rings. The lowest BCUT2D eigenvalue weighted by Crippen LogP contribution is -2.46. The van der Waals surface area contributed by atoms with Crippen molar-refractivity contribution in [2.45, 2.75) is 44.6 Å². The fraction of sp³-hybridized carbons (Fsp3) is 0.692. The fourth-order valence-electron chi connectivity index (χ4n) is 2.74. The summed E-state index contributed by atoms with van der Waals surface area (Å²) in [4.78, 5) is 29.3. The largest absolute Gasteiger partial charge is 0.481 e. The summed E-state index contributed by atoms with van der Waals surface area (Å²) < 4.78 is 0. The van der Waals surface area contributed by atoms with Crippen LogP contribution in [0.25, 0.3) is 0 Å². The van der Waals surface area contributed by atoms with E-state index in [9.17, 15) is 9.59 Å². The standard InChI is InChI=1S/C13H18N4O3/c1-7-6-9(13(19)20)4-5-17(7)12(18)11-14-10(15-16-11)8-2-3-8/h7-9H,2-6H2,1H3,(H,19,20)(H,14,15,16). The molecule has 2 N–H and O–H groups in total. The average Bonchev–Trinajstić information content (AvgIpc) is 3.15. The molecule has 1 saturated heterocycles. The Morgan fingerprint density at radius 1 is 1.35 bits per heavy atom. The summed E-state index contributed by atoms with van der Waals surface area (Å²) in [5.41, 5.74) is 0. The summed E-state index contributed by atoms with van der Waals surface area (Å²) in [7, 11) is 0. The van der Waals surface area contributed by atoms with Crippen LogP contribution in [0.3, 0.4) is 0 Å². The van der Waals surface area contributed by atoms with Gasteiger partial charge in [-0.05, 0) is 32.6 Å². The van der Waals surface area contributed by atoms with Crippen molar-refractivity contribution >= 4 is 11.9 Å². The van der Waals surface area contributed by atoms with Crippen LogP contribution in [0, 0.1) is 5.92 Å². The second kappa shape index (κ2) is 4.88. The lowest BCUT2D eigenvalue weighted by Gasteiger charge is -2.35. The zero-order valence-corrected chi connectivity index (χ0v) is 11.4. The molecule has 1 aliphatic heterocycles. The number of H-pyrrole nitrogens is 1. The number of aromatic nitrogens is 3. The molecule has 0 spiro atoms. The van der Waals surface area contributed by atoms with Crippen molar-refractivity contribution in [1.29, 1.82) is 0 Å². The maximum absolute atomic E-state index is 12.4. The third-order valence-corrected chi connectivity index (χ3v) is 4.14. The van der Waals surface area contributed by atoms with Crippen molar-refractivity contribution in [3.8, 4) is 0 Å². The van der Waals surface area contributed by atoms with E-state index < -0.39 is 5.97 Å². The number of piperidine rings is 1. The van der Waals surface area contributed by atoms with Crippen molar-refractivity contribution in [3.05, 3.63) is 11.6 Å². The molecule has 0 radical (unpaired) electrons. The van der Waals surface area contributed by atoms with E-state index in [0.717, 1.165) is 18.7 Å². The quantitative estimate of drug-likeness (QED) is 0.859. The highest BCUT2D eigenvalue weighted by Crippen LogP contribution is 2.37. The maximum atomic E-state index is 12.4. The predicted octanol–water partition coefficient (Wildman–Crippen LogP) is 1.01. The number of aliphatic carboxylic acids is 1. The van der Waals surface area contributed by atoms with E-state index in [-0.39, 0.29) is 23.7 Å². The fourth-order valence-corrected chi connectivity index (χ4v) is 2.74. The van der Waals surface area contributed by atoms with Gasteiger partial charge in [0, 0.05) is 18.5 Å². The number of amides is 1. The lowest BCUT2D eigenvalue weighted by molar-refractivity contribution is -0.143. The molecule has 1 aliphatic carbocycles. The van der Waals surface area contributed by atoms with Crippen molar-refractivity contribution < 1.29 is 14.7 Å². The second-order valence-corrected chi connectivity index (χ2v) is 5.73. The Hall–Kier alpha value is -1.92. The van der Waals surface area contributed by atoms with Gasteiger partial charge in [0.25, 0.3) is 5.91 Å². The van der Waals surface area contributed by atoms with E-state index in [1.807, 2.05) is 6.92 Å². The number of likely N-dealkylation sites (tertiary alicyclic amines) is 1. The Kier molecular flexibility index (Phi) is 3.19. The van der Waals surface area contributed by atoms with Gasteiger partial charge in [-0.3, -0.25) is 14.7 Å². The molecule has 108 valence electrons. The monoisotopic (exact) mass is 278 g/mol. The van der Waals surface area contributed by atoms with Crippen LogP contribution in [-0.2, 0) is 4.79 Å². The van der Waals surface area contributed by atoms with Crippen molar-refractivity contribution in [2.24, 2.45) is 5.92 Å². The van der Waals surface area contributed by atoms with Crippen LogP contribution < -0.4 is 0 Å². The van der Waals surface area contributed by atoms with Crippen LogP contribution >= 0.6 is 0 Å². The van der Waals surface area contributed by atoms with E-state index in [2.05, 4.69) is 15.2 Å². The molecule has 2 unspecified atom stereocenters. The average molecular weight is 278 g/mol. The molecule has 2 aliphatic rings. The van der Waals surface area contributed by atoms with Gasteiger partial charge in [0.1, 0.15) is 5.82 Å². The number of aromatic amines is 1. The second-order valence-electron chi connectivity index (χ2n) is 5.73. The van der Waals surface area contributed by atoms with Gasteiger partial charge in [0.05, 0.1) is 5.92 Å². The van der Waals surface area contributed by atoms with Crippen LogP contribution in [-0.4, -0.2) is 49.7 Å². The van der Waals surface area contributed by atoms with Crippen LogP contribution in [0.1, 0.15) is 55.0 Å². The summed E-state index contributed by atoms with van der Waals surface area (Å²) in [5.74, 6) is 0.0822. The summed E-state index contributed by atoms with van der Waals surface area (Å²) in [5, 5.41) is 15.9. The number of carboxylic acid groups (broad SMARTS) is 1. The van der Waals surface area contributed by atoms with Gasteiger partial charge in [-0.15, -0.1) is 5.10 Å². The first-order chi connectivity index (χ1) is 9.56. The summed E-state index contributed by atoms with van der Waals surface area (Å²) in [6, 6.07) is -0.0970. The molecule has 2 fully saturated rings. The smallest absolute Gasteiger partial charge is 0.306 e. The Labute approximate surface area is 116 Å². The predicted molar refractivity (Wildman–Crippen MR) is 69.2 cm³/mol. The molecule has 20 heavy (non-hydrogen) atoms. The Bertz CT molecular complexity index is 537. The summed E-state index contributed by atoms with van der Waals surface area (Å²) in [6.07, 6.45) is 3.18. The highest BCUT2D eigenvalue weighted by Gasteiger charge is 2.35. The Balaban J connectivity index is 1.68. The first kappa shape index (κ1) is 13.1. The molecular weight excluding hydrogens is 260 g/mol. The topological polar surface area (TPSA) is 99.2 Å². The highest BCUT2D eigenvalue weighted by atomic mass is 16.4. The minimum Gasteiger partial charge on any atom is -0.481 e. The highest BCUT2D eigenvalue weighted by molar-refractivity contribution is 5.90. The molecule has 1 saturated carbocycles. The van der Waals surface area contributed by atoms with Crippen molar-refractivity contribution in [2.75, 3.05) is 6.54 Å². The molecular formula is C13H18N4O3. The molecule has 2 heterocycles. The number of carbonyl (C=O) groups excluding carboxylic acids is 1. The molecule has 7 nitrogen and oxygen atoms in total. The van der Waals surface area contributed by atoms with E-state index in [1.165, 1.54) is 0 Å². The molecule has 0 bridgehead atoms. The van der Waals surface area contributed by atoms with E-state index in [0.29, 0.717) is 25.3 Å². The van der Waals surface area contributed by atoms with Crippen LogP contribution in [0.4, 0.5) is 0 Å². The normalized spacial score (nSPS) is 26.6. The van der Waals surface area contributed by atoms with Crippen LogP contribution in [0.5, 0.6) is 0 Å². The number of rotatable bonds is 3. The van der Waals surface area contributed by atoms with Gasteiger partial charge in [0.15, 0.2) is 0 Å². The van der Waals surface area contributed by atoms with Gasteiger partial charge in [-0.1, -0.05) is 0 Å². The maximum Gasteiger partial charge on any atom is 0.306 e. The summed E-state index contributed by atoms with van der Waals surface area (Å²) in [6.45, 7) is 2.33. The lowest BCUT2D eigenvalue weighted by atomic mass is 9.91. The van der Waals surface area contributed by atoms with Gasteiger partial charge in [-0.25, -0.2) is 4.98 Å². The number of nitrogens with zero attached hydrogens (tertiary/aromatic N) is 3. The first-order valence-corrected chi connectivity index (χ1v) is 7.02. The number of carbonyl (C=O) groups is 2. The molecule has 0 aromatic carbocycles. The third kappa shape index (κ3) is 2.39. The van der Waals surface area contributed by atoms with Gasteiger partial charge < -0.3 is 10.0 Å². The minimum absolute atomic E-state index is 0.0970. The molecule has 1 aromatic heterocycles. The van der Waals surface area contributed by atoms with E-state index >= 15 is 0 Å². The van der Waals surface area contributed by atoms with Crippen LogP contribution in [0.2, 0.25) is 0 Å². The van der Waals surface area contributed by atoms with Gasteiger partial charge in [-0.2, -0.15) is 0 Å². The molecule has 3 rings (SSSR count). The first-order valence-electron chi connectivity index (χ1n) is 7.02. The Morgan fingerprint density at radius 2 is 2.10 bits per heavy atom. The number of carboxylic acids is 1. The Morgan fingerprint density at radius 3 is 2.70 bits per heavy atom. The summed E-state index contributed by atoms with van der Waals surface area (Å²) >= 11 is 0. The van der Waals surface area contributed by atoms with Crippen molar-refractivity contribution in [3.63, 3.8) is 0 Å². The number of hydrogen-bond donors (Lipinski definition) is 2. The molecule has 1 amide bonds. The molecule has 7 heteroatoms. The minimum atomic E-state index is -0.780. The van der Waals surface area contributed by atoms with Crippen molar-refractivity contribution in [1.82, 2.24) is 20.1 Å². The number of nitrogens with one attached hydrogen (secondary N) is 1. The third-order valence-electron chi connectivity index (χ3n) is 4.14. The zero-order chi connectivity index (χ0) is 14.3. The number of hydrogen-bond acceptors (Lipinski definition) is 4. The van der Waals surface area contributed by atoms with E-state index in [4.69, 9.17) is 5.11 Å². The van der Waals surface area contributed by atoms with E-state index in [1.54, 1.807) is 4.90 Å². The van der Waals surface area contributed by atoms with Gasteiger partial charge in [0.2, 0.25) is 5.82 Å². The molecule has 2 atom stereocenters.